The minimum absolute atomic E-state index is 0.0929. The number of hydrogen-bond donors (Lipinski definition) is 0. The molecule has 1 aliphatic carbocycles. The number of benzene rings is 2. The zero-order valence-electron chi connectivity index (χ0n) is 17.7. The number of likely N-dealkylation sites (N-methyl/N-ethyl adjacent to an activating group) is 1. The molecule has 2 aromatic rings. The average Bonchev–Trinajstić information content (AvgIpc) is 3.58. The molecule has 29 heavy (non-hydrogen) atoms. The van der Waals surface area contributed by atoms with Crippen molar-refractivity contribution in [2.75, 3.05) is 34.9 Å². The molecule has 6 nitrogen and oxygen atoms in total. The summed E-state index contributed by atoms with van der Waals surface area (Å²) in [5.41, 5.74) is 2.11. The Hall–Kier alpha value is -2.73. The SMILES string of the molecule is COc1ccc(CN(CC(=O)N(C)Cc2cccc(OC)c2OC)C2CC2)cc1. The van der Waals surface area contributed by atoms with Crippen LogP contribution >= 0.6 is 0 Å². The van der Waals surface area contributed by atoms with Crippen LogP contribution < -0.4 is 14.2 Å². The number of rotatable bonds is 10. The third kappa shape index (κ3) is 5.41. The third-order valence-corrected chi connectivity index (χ3v) is 5.26. The summed E-state index contributed by atoms with van der Waals surface area (Å²) >= 11 is 0. The van der Waals surface area contributed by atoms with Gasteiger partial charge in [-0.15, -0.1) is 0 Å². The van der Waals surface area contributed by atoms with Gasteiger partial charge in [0.2, 0.25) is 5.91 Å². The monoisotopic (exact) mass is 398 g/mol. The van der Waals surface area contributed by atoms with Crippen LogP contribution in [0.15, 0.2) is 42.5 Å². The zero-order valence-corrected chi connectivity index (χ0v) is 17.7. The van der Waals surface area contributed by atoms with Crippen molar-refractivity contribution in [2.45, 2.75) is 32.0 Å². The summed E-state index contributed by atoms with van der Waals surface area (Å²) in [5, 5.41) is 0. The number of para-hydroxylation sites is 1. The minimum atomic E-state index is 0.0929. The summed E-state index contributed by atoms with van der Waals surface area (Å²) < 4.78 is 16.1. The van der Waals surface area contributed by atoms with Crippen molar-refractivity contribution in [3.63, 3.8) is 0 Å². The van der Waals surface area contributed by atoms with E-state index in [0.29, 0.717) is 30.6 Å². The van der Waals surface area contributed by atoms with Gasteiger partial charge in [-0.05, 0) is 36.6 Å². The van der Waals surface area contributed by atoms with E-state index in [2.05, 4.69) is 17.0 Å². The van der Waals surface area contributed by atoms with Gasteiger partial charge in [-0.1, -0.05) is 24.3 Å². The van der Waals surface area contributed by atoms with Gasteiger partial charge in [-0.25, -0.2) is 0 Å². The molecule has 0 atom stereocenters. The molecule has 1 aliphatic rings. The number of ether oxygens (including phenoxy) is 3. The second kappa shape index (κ2) is 9.65. The molecule has 0 radical (unpaired) electrons. The molecule has 0 N–H and O–H groups in total. The van der Waals surface area contributed by atoms with Crippen LogP contribution in [0.2, 0.25) is 0 Å². The van der Waals surface area contributed by atoms with E-state index >= 15 is 0 Å². The van der Waals surface area contributed by atoms with Crippen LogP contribution in [-0.2, 0) is 17.9 Å². The van der Waals surface area contributed by atoms with E-state index in [9.17, 15) is 4.79 Å². The Bertz CT molecular complexity index is 818. The fraction of sp³-hybridized carbons (Fsp3) is 0.435. The van der Waals surface area contributed by atoms with Gasteiger partial charge >= 0.3 is 0 Å². The molecule has 0 aliphatic heterocycles. The second-order valence-electron chi connectivity index (χ2n) is 7.39. The van der Waals surface area contributed by atoms with Crippen LogP contribution in [0.4, 0.5) is 0 Å². The lowest BCUT2D eigenvalue weighted by molar-refractivity contribution is -0.132. The van der Waals surface area contributed by atoms with E-state index in [4.69, 9.17) is 14.2 Å². The van der Waals surface area contributed by atoms with Crippen LogP contribution in [-0.4, -0.2) is 56.7 Å². The van der Waals surface area contributed by atoms with Gasteiger partial charge in [0.1, 0.15) is 5.75 Å². The third-order valence-electron chi connectivity index (χ3n) is 5.26. The molecule has 0 bridgehead atoms. The molecule has 6 heteroatoms. The maximum atomic E-state index is 12.9. The van der Waals surface area contributed by atoms with Crippen LogP contribution in [0.5, 0.6) is 17.2 Å². The highest BCUT2D eigenvalue weighted by molar-refractivity contribution is 5.78. The van der Waals surface area contributed by atoms with Crippen LogP contribution in [0, 0.1) is 0 Å². The summed E-state index contributed by atoms with van der Waals surface area (Å²) in [7, 11) is 6.73. The number of nitrogens with zero attached hydrogens (tertiary/aromatic N) is 2. The average molecular weight is 399 g/mol. The van der Waals surface area contributed by atoms with Crippen molar-refractivity contribution in [1.29, 1.82) is 0 Å². The second-order valence-corrected chi connectivity index (χ2v) is 7.39. The first kappa shape index (κ1) is 21.0. The standard InChI is InChI=1S/C23H30N2O4/c1-24(15-18-6-5-7-21(28-3)23(18)29-4)22(26)16-25(19-10-11-19)14-17-8-12-20(27-2)13-9-17/h5-9,12-13,19H,10-11,14-16H2,1-4H3. The van der Waals surface area contributed by atoms with Gasteiger partial charge in [-0.3, -0.25) is 9.69 Å². The zero-order chi connectivity index (χ0) is 20.8. The Labute approximate surface area is 173 Å². The molecule has 0 saturated heterocycles. The number of amides is 1. The number of carbonyl (C=O) groups excluding carboxylic acids is 1. The molecule has 1 saturated carbocycles. The van der Waals surface area contributed by atoms with Gasteiger partial charge in [0.05, 0.1) is 27.9 Å². The molecular weight excluding hydrogens is 368 g/mol. The Morgan fingerprint density at radius 2 is 1.69 bits per heavy atom. The highest BCUT2D eigenvalue weighted by Gasteiger charge is 2.31. The Balaban J connectivity index is 1.64. The van der Waals surface area contributed by atoms with E-state index in [-0.39, 0.29) is 5.91 Å². The van der Waals surface area contributed by atoms with Gasteiger partial charge in [0.15, 0.2) is 11.5 Å². The van der Waals surface area contributed by atoms with Crippen molar-refractivity contribution < 1.29 is 19.0 Å². The van der Waals surface area contributed by atoms with Gasteiger partial charge < -0.3 is 19.1 Å². The normalized spacial score (nSPS) is 13.3. The number of methoxy groups -OCH3 is 3. The Kier molecular flexibility index (Phi) is 6.99. The fourth-order valence-electron chi connectivity index (χ4n) is 3.44. The molecule has 156 valence electrons. The summed E-state index contributed by atoms with van der Waals surface area (Å²) in [6.45, 7) is 1.64. The lowest BCUT2D eigenvalue weighted by Gasteiger charge is -2.26. The Morgan fingerprint density at radius 3 is 2.28 bits per heavy atom. The lowest BCUT2D eigenvalue weighted by atomic mass is 10.1. The number of hydrogen-bond acceptors (Lipinski definition) is 5. The minimum Gasteiger partial charge on any atom is -0.497 e. The molecule has 0 spiro atoms. The van der Waals surface area contributed by atoms with Gasteiger partial charge in [0, 0.05) is 31.7 Å². The molecule has 3 rings (SSSR count). The van der Waals surface area contributed by atoms with Crippen molar-refractivity contribution in [2.24, 2.45) is 0 Å². The molecule has 0 unspecified atom stereocenters. The fourth-order valence-corrected chi connectivity index (χ4v) is 3.44. The predicted molar refractivity (Wildman–Crippen MR) is 112 cm³/mol. The first-order valence-electron chi connectivity index (χ1n) is 9.86. The molecule has 1 fully saturated rings. The van der Waals surface area contributed by atoms with Crippen molar-refractivity contribution in [3.8, 4) is 17.2 Å². The summed E-state index contributed by atoms with van der Waals surface area (Å²) in [6, 6.07) is 14.3. The van der Waals surface area contributed by atoms with E-state index in [1.165, 1.54) is 5.56 Å². The molecular formula is C23H30N2O4. The van der Waals surface area contributed by atoms with E-state index in [1.807, 2.05) is 37.4 Å². The number of carbonyl (C=O) groups is 1. The maximum absolute atomic E-state index is 12.9. The van der Waals surface area contributed by atoms with Crippen molar-refractivity contribution in [1.82, 2.24) is 9.80 Å². The highest BCUT2D eigenvalue weighted by Crippen LogP contribution is 2.32. The topological polar surface area (TPSA) is 51.2 Å². The van der Waals surface area contributed by atoms with Crippen LogP contribution in [0.3, 0.4) is 0 Å². The molecule has 0 heterocycles. The smallest absolute Gasteiger partial charge is 0.236 e. The summed E-state index contributed by atoms with van der Waals surface area (Å²) in [4.78, 5) is 16.9. The molecule has 2 aromatic carbocycles. The van der Waals surface area contributed by atoms with Gasteiger partial charge in [-0.2, -0.15) is 0 Å². The van der Waals surface area contributed by atoms with E-state index < -0.39 is 0 Å². The highest BCUT2D eigenvalue weighted by atomic mass is 16.5. The Morgan fingerprint density at radius 1 is 0.966 bits per heavy atom. The summed E-state index contributed by atoms with van der Waals surface area (Å²) in [6.07, 6.45) is 2.30. The van der Waals surface area contributed by atoms with E-state index in [0.717, 1.165) is 30.7 Å². The molecule has 0 aromatic heterocycles. The molecule has 1 amide bonds. The summed E-state index contributed by atoms with van der Waals surface area (Å²) in [5.74, 6) is 2.28. The van der Waals surface area contributed by atoms with Crippen LogP contribution in [0.1, 0.15) is 24.0 Å². The largest absolute Gasteiger partial charge is 0.497 e. The first-order chi connectivity index (χ1) is 14.0. The first-order valence-corrected chi connectivity index (χ1v) is 9.86. The maximum Gasteiger partial charge on any atom is 0.236 e. The van der Waals surface area contributed by atoms with Crippen molar-refractivity contribution >= 4 is 5.91 Å². The lowest BCUT2D eigenvalue weighted by Crippen LogP contribution is -2.39. The predicted octanol–water partition coefficient (Wildman–Crippen LogP) is 3.34. The van der Waals surface area contributed by atoms with Crippen molar-refractivity contribution in [3.05, 3.63) is 53.6 Å². The van der Waals surface area contributed by atoms with E-state index in [1.54, 1.807) is 26.2 Å². The van der Waals surface area contributed by atoms with Crippen LogP contribution in [0.25, 0.3) is 0 Å². The van der Waals surface area contributed by atoms with Gasteiger partial charge in [0.25, 0.3) is 0 Å². The quantitative estimate of drug-likeness (QED) is 0.614.